The quantitative estimate of drug-likeness (QED) is 0.847. The van der Waals surface area contributed by atoms with Crippen molar-refractivity contribution in [3.8, 4) is 5.75 Å². The number of anilines is 1. The van der Waals surface area contributed by atoms with E-state index in [2.05, 4.69) is 15.9 Å². The maximum Gasteiger partial charge on any atom is 0.136 e. The number of fused-ring (bicyclic) bond motifs is 1. The molecule has 0 spiro atoms. The Bertz CT molecular complexity index is 466. The Labute approximate surface area is 94.8 Å². The largest absolute Gasteiger partial charge is 0.493 e. The van der Waals surface area contributed by atoms with Crippen LogP contribution in [0.4, 0.5) is 5.69 Å². The summed E-state index contributed by atoms with van der Waals surface area (Å²) in [5.74, 6) is 0.816. The molecule has 0 atom stereocenters. The summed E-state index contributed by atoms with van der Waals surface area (Å²) in [4.78, 5) is 0. The highest BCUT2D eigenvalue weighted by Crippen LogP contribution is 2.39. The number of nitrogens with two attached hydrogens (primary N) is 1. The van der Waals surface area contributed by atoms with Crippen LogP contribution in [0.25, 0.3) is 10.1 Å². The van der Waals surface area contributed by atoms with Crippen LogP contribution in [0.2, 0.25) is 0 Å². The average Bonchev–Trinajstić information content (AvgIpc) is 2.62. The maximum absolute atomic E-state index is 5.98. The fourth-order valence-corrected chi connectivity index (χ4v) is 2.75. The van der Waals surface area contributed by atoms with E-state index in [1.807, 2.05) is 24.4 Å². The van der Waals surface area contributed by atoms with Gasteiger partial charge in [-0.05, 0) is 45.8 Å². The Morgan fingerprint density at radius 1 is 1.57 bits per heavy atom. The van der Waals surface area contributed by atoms with Crippen molar-refractivity contribution in [3.05, 3.63) is 22.0 Å². The van der Waals surface area contributed by atoms with E-state index in [9.17, 15) is 0 Å². The van der Waals surface area contributed by atoms with Gasteiger partial charge in [0.2, 0.25) is 0 Å². The van der Waals surface area contributed by atoms with Gasteiger partial charge in [0.25, 0.3) is 0 Å². The molecule has 1 aromatic carbocycles. The van der Waals surface area contributed by atoms with Crippen LogP contribution in [-0.2, 0) is 0 Å². The van der Waals surface area contributed by atoms with Crippen molar-refractivity contribution < 1.29 is 4.74 Å². The molecule has 14 heavy (non-hydrogen) atoms. The van der Waals surface area contributed by atoms with Crippen LogP contribution in [0.3, 0.4) is 0 Å². The summed E-state index contributed by atoms with van der Waals surface area (Å²) in [6.45, 7) is 2.61. The van der Waals surface area contributed by atoms with Gasteiger partial charge in [0.05, 0.1) is 21.5 Å². The number of benzene rings is 1. The SMILES string of the molecule is CCOc1cc2ccsc2c(N)c1Br. The summed E-state index contributed by atoms with van der Waals surface area (Å²) in [7, 11) is 0. The first kappa shape index (κ1) is 9.80. The molecular formula is C10H10BrNOS. The van der Waals surface area contributed by atoms with Crippen molar-refractivity contribution in [1.29, 1.82) is 0 Å². The van der Waals surface area contributed by atoms with Crippen molar-refractivity contribution in [3.63, 3.8) is 0 Å². The molecule has 0 saturated heterocycles. The molecule has 1 heterocycles. The molecule has 0 unspecified atom stereocenters. The third-order valence-corrected chi connectivity index (χ3v) is 3.76. The van der Waals surface area contributed by atoms with E-state index in [-0.39, 0.29) is 0 Å². The number of rotatable bonds is 2. The number of hydrogen-bond acceptors (Lipinski definition) is 3. The van der Waals surface area contributed by atoms with Crippen molar-refractivity contribution >= 4 is 43.0 Å². The highest BCUT2D eigenvalue weighted by atomic mass is 79.9. The molecule has 0 aliphatic rings. The Kier molecular flexibility index (Phi) is 2.65. The fourth-order valence-electron chi connectivity index (χ4n) is 1.35. The molecule has 0 radical (unpaired) electrons. The zero-order chi connectivity index (χ0) is 10.1. The molecule has 74 valence electrons. The lowest BCUT2D eigenvalue weighted by Crippen LogP contribution is -1.95. The lowest BCUT2D eigenvalue weighted by Gasteiger charge is -2.08. The highest BCUT2D eigenvalue weighted by Gasteiger charge is 2.10. The van der Waals surface area contributed by atoms with Crippen LogP contribution in [0, 0.1) is 0 Å². The lowest BCUT2D eigenvalue weighted by molar-refractivity contribution is 0.339. The van der Waals surface area contributed by atoms with Crippen molar-refractivity contribution in [2.24, 2.45) is 0 Å². The summed E-state index contributed by atoms with van der Waals surface area (Å²) in [5.41, 5.74) is 6.74. The molecule has 0 bridgehead atoms. The lowest BCUT2D eigenvalue weighted by atomic mass is 10.2. The molecule has 1 aromatic heterocycles. The van der Waals surface area contributed by atoms with E-state index >= 15 is 0 Å². The van der Waals surface area contributed by atoms with E-state index in [0.717, 1.165) is 26.0 Å². The summed E-state index contributed by atoms with van der Waals surface area (Å²) < 4.78 is 7.44. The molecule has 0 aliphatic carbocycles. The number of halogens is 1. The number of ether oxygens (including phenoxy) is 1. The van der Waals surface area contributed by atoms with Gasteiger partial charge in [-0.25, -0.2) is 0 Å². The molecule has 2 aromatic rings. The fraction of sp³-hybridized carbons (Fsp3) is 0.200. The van der Waals surface area contributed by atoms with E-state index in [1.54, 1.807) is 11.3 Å². The second-order valence-corrected chi connectivity index (χ2v) is 4.58. The van der Waals surface area contributed by atoms with Gasteiger partial charge in [-0.15, -0.1) is 11.3 Å². The predicted octanol–water partition coefficient (Wildman–Crippen LogP) is 3.64. The number of nitrogen functional groups attached to an aromatic ring is 1. The highest BCUT2D eigenvalue weighted by molar-refractivity contribution is 9.10. The minimum absolute atomic E-state index is 0.647. The predicted molar refractivity (Wildman–Crippen MR) is 65.1 cm³/mol. The van der Waals surface area contributed by atoms with Crippen LogP contribution >= 0.6 is 27.3 Å². The molecule has 4 heteroatoms. The molecule has 2 nitrogen and oxygen atoms in total. The molecule has 0 amide bonds. The van der Waals surface area contributed by atoms with E-state index < -0.39 is 0 Å². The summed E-state index contributed by atoms with van der Waals surface area (Å²) in [6, 6.07) is 4.06. The van der Waals surface area contributed by atoms with Crippen molar-refractivity contribution in [2.45, 2.75) is 6.92 Å². The Hall–Kier alpha value is -0.740. The van der Waals surface area contributed by atoms with Gasteiger partial charge in [0.1, 0.15) is 5.75 Å². The number of thiophene rings is 1. The zero-order valence-corrected chi connectivity index (χ0v) is 10.1. The second kappa shape index (κ2) is 3.79. The van der Waals surface area contributed by atoms with Gasteiger partial charge in [0, 0.05) is 0 Å². The third-order valence-electron chi connectivity index (χ3n) is 1.98. The average molecular weight is 272 g/mol. The maximum atomic E-state index is 5.98. The van der Waals surface area contributed by atoms with Gasteiger partial charge in [-0.2, -0.15) is 0 Å². The Morgan fingerprint density at radius 3 is 3.07 bits per heavy atom. The smallest absolute Gasteiger partial charge is 0.136 e. The van der Waals surface area contributed by atoms with Gasteiger partial charge in [0.15, 0.2) is 0 Å². The second-order valence-electron chi connectivity index (χ2n) is 2.87. The van der Waals surface area contributed by atoms with Crippen LogP contribution in [-0.4, -0.2) is 6.61 Å². The first-order valence-electron chi connectivity index (χ1n) is 4.32. The monoisotopic (exact) mass is 271 g/mol. The van der Waals surface area contributed by atoms with E-state index in [1.165, 1.54) is 0 Å². The Balaban J connectivity index is 2.67. The van der Waals surface area contributed by atoms with Gasteiger partial charge in [-0.3, -0.25) is 0 Å². The molecule has 0 saturated carbocycles. The summed E-state index contributed by atoms with van der Waals surface area (Å²) in [5, 5.41) is 3.17. The summed E-state index contributed by atoms with van der Waals surface area (Å²) >= 11 is 5.09. The van der Waals surface area contributed by atoms with Gasteiger partial charge >= 0.3 is 0 Å². The summed E-state index contributed by atoms with van der Waals surface area (Å²) in [6.07, 6.45) is 0. The standard InChI is InChI=1S/C10H10BrNOS/c1-2-13-7-5-6-3-4-14-10(6)9(12)8(7)11/h3-5H,2,12H2,1H3. The van der Waals surface area contributed by atoms with E-state index in [4.69, 9.17) is 10.5 Å². The number of hydrogen-bond donors (Lipinski definition) is 1. The van der Waals surface area contributed by atoms with Crippen molar-refractivity contribution in [1.82, 2.24) is 0 Å². The molecule has 2 rings (SSSR count). The van der Waals surface area contributed by atoms with Gasteiger partial charge < -0.3 is 10.5 Å². The molecule has 2 N–H and O–H groups in total. The normalized spacial score (nSPS) is 10.7. The van der Waals surface area contributed by atoms with Crippen LogP contribution < -0.4 is 10.5 Å². The molecular weight excluding hydrogens is 262 g/mol. The Morgan fingerprint density at radius 2 is 2.36 bits per heavy atom. The minimum atomic E-state index is 0.647. The molecule has 0 fully saturated rings. The van der Waals surface area contributed by atoms with Crippen LogP contribution in [0.1, 0.15) is 6.92 Å². The van der Waals surface area contributed by atoms with Gasteiger partial charge in [-0.1, -0.05) is 0 Å². The van der Waals surface area contributed by atoms with Crippen LogP contribution in [0.15, 0.2) is 22.0 Å². The van der Waals surface area contributed by atoms with Crippen LogP contribution in [0.5, 0.6) is 5.75 Å². The van der Waals surface area contributed by atoms with Crippen molar-refractivity contribution in [2.75, 3.05) is 12.3 Å². The first-order chi connectivity index (χ1) is 6.74. The zero-order valence-electron chi connectivity index (χ0n) is 7.71. The minimum Gasteiger partial charge on any atom is -0.493 e. The third kappa shape index (κ3) is 1.48. The first-order valence-corrected chi connectivity index (χ1v) is 5.99. The van der Waals surface area contributed by atoms with E-state index in [0.29, 0.717) is 6.61 Å². The molecule has 0 aliphatic heterocycles. The topological polar surface area (TPSA) is 35.2 Å².